The first kappa shape index (κ1) is 18.5. The largest absolute Gasteiger partial charge is 0.382 e. The van der Waals surface area contributed by atoms with Crippen LogP contribution in [0.2, 0.25) is 0 Å². The van der Waals surface area contributed by atoms with Gasteiger partial charge >= 0.3 is 0 Å². The molecule has 2 aliphatic rings. The third-order valence-electron chi connectivity index (χ3n) is 5.74. The molecule has 8 heteroatoms. The van der Waals surface area contributed by atoms with Gasteiger partial charge in [0.1, 0.15) is 17.9 Å². The molecule has 3 aromatic rings. The number of nitrogens with zero attached hydrogens (tertiary/aromatic N) is 4. The van der Waals surface area contributed by atoms with Crippen molar-refractivity contribution in [1.29, 1.82) is 0 Å². The Kier molecular flexibility index (Phi) is 4.49. The molecule has 0 spiro atoms. The summed E-state index contributed by atoms with van der Waals surface area (Å²) in [5.41, 5.74) is 8.47. The van der Waals surface area contributed by atoms with Crippen LogP contribution in [0.25, 0.3) is 11.2 Å². The molecule has 2 fully saturated rings. The lowest BCUT2D eigenvalue weighted by Crippen LogP contribution is -2.28. The first-order valence-electron chi connectivity index (χ1n) is 9.92. The first-order valence-corrected chi connectivity index (χ1v) is 9.92. The predicted octanol–water partition coefficient (Wildman–Crippen LogP) is 2.71. The number of rotatable bonds is 5. The second kappa shape index (κ2) is 7.05. The van der Waals surface area contributed by atoms with Gasteiger partial charge in [-0.05, 0) is 25.8 Å². The highest BCUT2D eigenvalue weighted by Gasteiger charge is 2.54. The fourth-order valence-corrected chi connectivity index (χ4v) is 4.51. The third-order valence-corrected chi connectivity index (χ3v) is 5.74. The van der Waals surface area contributed by atoms with E-state index in [1.807, 2.05) is 36.6 Å². The summed E-state index contributed by atoms with van der Waals surface area (Å²) in [6, 6.07) is 10.2. The molecule has 1 aliphatic carbocycles. The molecule has 1 unspecified atom stereocenters. The standard InChI is InChI=1S/C21H25N5O3/c1-21(2)28-17-14(10-27-9-13-6-4-3-5-7-13)8-15(18(17)29-21)26-12-25-16-19(22)23-11-24-20(16)26/h3-7,11-12,14-15,17-18H,8-10H2,1-2H3,(H2,22,23,24)/t14-,15+,17?,18+/m0/s1. The Balaban J connectivity index is 1.38. The van der Waals surface area contributed by atoms with Crippen LogP contribution in [-0.4, -0.2) is 44.1 Å². The number of ether oxygens (including phenoxy) is 3. The van der Waals surface area contributed by atoms with E-state index in [0.29, 0.717) is 24.5 Å². The van der Waals surface area contributed by atoms with Crippen molar-refractivity contribution < 1.29 is 14.2 Å². The molecule has 1 aromatic carbocycles. The number of nitrogen functional groups attached to an aromatic ring is 1. The minimum atomic E-state index is -0.629. The highest BCUT2D eigenvalue weighted by Crippen LogP contribution is 2.47. The zero-order valence-corrected chi connectivity index (χ0v) is 16.6. The Labute approximate surface area is 169 Å². The van der Waals surface area contributed by atoms with E-state index in [2.05, 4.69) is 27.1 Å². The van der Waals surface area contributed by atoms with Crippen LogP contribution in [-0.2, 0) is 20.8 Å². The van der Waals surface area contributed by atoms with Gasteiger partial charge < -0.3 is 24.5 Å². The van der Waals surface area contributed by atoms with Crippen LogP contribution in [0.15, 0.2) is 43.0 Å². The highest BCUT2D eigenvalue weighted by atomic mass is 16.8. The Bertz CT molecular complexity index is 1010. The van der Waals surface area contributed by atoms with Gasteiger partial charge in [-0.3, -0.25) is 0 Å². The maximum atomic E-state index is 6.28. The van der Waals surface area contributed by atoms with Gasteiger partial charge in [0.15, 0.2) is 17.3 Å². The molecular formula is C21H25N5O3. The van der Waals surface area contributed by atoms with E-state index >= 15 is 0 Å². The van der Waals surface area contributed by atoms with E-state index in [-0.39, 0.29) is 24.2 Å². The van der Waals surface area contributed by atoms with Gasteiger partial charge in [-0.15, -0.1) is 0 Å². The van der Waals surface area contributed by atoms with Crippen LogP contribution in [0, 0.1) is 5.92 Å². The number of aromatic nitrogens is 4. The first-order chi connectivity index (χ1) is 14.0. The van der Waals surface area contributed by atoms with E-state index in [0.717, 1.165) is 17.6 Å². The second-order valence-electron chi connectivity index (χ2n) is 8.21. The summed E-state index contributed by atoms with van der Waals surface area (Å²) in [6.07, 6.45) is 3.97. The van der Waals surface area contributed by atoms with Crippen LogP contribution < -0.4 is 5.73 Å². The number of imidazole rings is 1. The number of anilines is 1. The van der Waals surface area contributed by atoms with Crippen LogP contribution in [0.3, 0.4) is 0 Å². The number of hydrogen-bond acceptors (Lipinski definition) is 7. The van der Waals surface area contributed by atoms with Crippen LogP contribution in [0.1, 0.15) is 31.9 Å². The van der Waals surface area contributed by atoms with Gasteiger partial charge in [0.05, 0.1) is 31.7 Å². The molecule has 0 bridgehead atoms. The number of nitrogens with two attached hydrogens (primary N) is 1. The zero-order chi connectivity index (χ0) is 20.0. The molecule has 0 radical (unpaired) electrons. The summed E-state index contributed by atoms with van der Waals surface area (Å²) in [4.78, 5) is 12.9. The van der Waals surface area contributed by atoms with Crippen molar-refractivity contribution >= 4 is 17.0 Å². The summed E-state index contributed by atoms with van der Waals surface area (Å²) < 4.78 is 20.6. The Morgan fingerprint density at radius 1 is 1.14 bits per heavy atom. The topological polar surface area (TPSA) is 97.3 Å². The van der Waals surface area contributed by atoms with Gasteiger partial charge in [0.25, 0.3) is 0 Å². The van der Waals surface area contributed by atoms with Crippen molar-refractivity contribution in [3.8, 4) is 0 Å². The molecule has 1 saturated heterocycles. The maximum Gasteiger partial charge on any atom is 0.165 e. The van der Waals surface area contributed by atoms with Gasteiger partial charge in [0, 0.05) is 5.92 Å². The summed E-state index contributed by atoms with van der Waals surface area (Å²) in [5.74, 6) is -0.0297. The van der Waals surface area contributed by atoms with Crippen molar-refractivity contribution in [2.75, 3.05) is 12.3 Å². The molecule has 29 heavy (non-hydrogen) atoms. The smallest absolute Gasteiger partial charge is 0.165 e. The number of hydrogen-bond donors (Lipinski definition) is 1. The van der Waals surface area contributed by atoms with Crippen molar-refractivity contribution in [2.24, 2.45) is 5.92 Å². The van der Waals surface area contributed by atoms with Crippen molar-refractivity contribution in [3.63, 3.8) is 0 Å². The quantitative estimate of drug-likeness (QED) is 0.709. The minimum absolute atomic E-state index is 0.0394. The fourth-order valence-electron chi connectivity index (χ4n) is 4.51. The van der Waals surface area contributed by atoms with E-state index in [1.54, 1.807) is 6.33 Å². The SMILES string of the molecule is CC1(C)OC2[C@H](COCc3ccccc3)C[C@@H](n3cnc4c(N)ncnc43)[C@H]2O1. The molecule has 8 nitrogen and oxygen atoms in total. The average Bonchev–Trinajstić information content (AvgIpc) is 3.35. The maximum absolute atomic E-state index is 6.28. The van der Waals surface area contributed by atoms with Crippen molar-refractivity contribution in [3.05, 3.63) is 48.5 Å². The summed E-state index contributed by atoms with van der Waals surface area (Å²) in [6.45, 7) is 5.10. The van der Waals surface area contributed by atoms with Crippen molar-refractivity contribution in [2.45, 2.75) is 50.9 Å². The van der Waals surface area contributed by atoms with Gasteiger partial charge in [-0.2, -0.15) is 0 Å². The fraction of sp³-hybridized carbons (Fsp3) is 0.476. The van der Waals surface area contributed by atoms with Gasteiger partial charge in [0.2, 0.25) is 0 Å². The Hall–Kier alpha value is -2.55. The molecular weight excluding hydrogens is 370 g/mol. The summed E-state index contributed by atoms with van der Waals surface area (Å²) >= 11 is 0. The lowest BCUT2D eigenvalue weighted by molar-refractivity contribution is -0.162. The lowest BCUT2D eigenvalue weighted by atomic mass is 10.1. The summed E-state index contributed by atoms with van der Waals surface area (Å²) in [5, 5.41) is 0. The van der Waals surface area contributed by atoms with E-state index in [1.165, 1.54) is 6.33 Å². The molecule has 3 heterocycles. The molecule has 2 N–H and O–H groups in total. The number of fused-ring (bicyclic) bond motifs is 2. The zero-order valence-electron chi connectivity index (χ0n) is 16.6. The Morgan fingerprint density at radius 2 is 1.93 bits per heavy atom. The molecule has 1 saturated carbocycles. The van der Waals surface area contributed by atoms with Gasteiger partial charge in [-0.1, -0.05) is 30.3 Å². The molecule has 5 rings (SSSR count). The van der Waals surface area contributed by atoms with Crippen LogP contribution in [0.4, 0.5) is 5.82 Å². The monoisotopic (exact) mass is 395 g/mol. The molecule has 4 atom stereocenters. The van der Waals surface area contributed by atoms with E-state index < -0.39 is 5.79 Å². The number of benzene rings is 1. The van der Waals surface area contributed by atoms with Gasteiger partial charge in [-0.25, -0.2) is 15.0 Å². The predicted molar refractivity (Wildman–Crippen MR) is 107 cm³/mol. The third kappa shape index (κ3) is 3.37. The molecule has 0 amide bonds. The average molecular weight is 395 g/mol. The molecule has 2 aromatic heterocycles. The Morgan fingerprint density at radius 3 is 2.76 bits per heavy atom. The van der Waals surface area contributed by atoms with Crippen molar-refractivity contribution in [1.82, 2.24) is 19.5 Å². The van der Waals surface area contributed by atoms with Crippen LogP contribution >= 0.6 is 0 Å². The summed E-state index contributed by atoms with van der Waals surface area (Å²) in [7, 11) is 0. The lowest BCUT2D eigenvalue weighted by Gasteiger charge is -2.24. The minimum Gasteiger partial charge on any atom is -0.382 e. The molecule has 152 valence electrons. The van der Waals surface area contributed by atoms with Crippen LogP contribution in [0.5, 0.6) is 0 Å². The molecule has 1 aliphatic heterocycles. The normalized spacial score (nSPS) is 28.1. The van der Waals surface area contributed by atoms with E-state index in [4.69, 9.17) is 19.9 Å². The second-order valence-corrected chi connectivity index (χ2v) is 8.21. The highest BCUT2D eigenvalue weighted by molar-refractivity contribution is 5.81. The van der Waals surface area contributed by atoms with E-state index in [9.17, 15) is 0 Å².